The van der Waals surface area contributed by atoms with Crippen molar-refractivity contribution in [1.29, 1.82) is 0 Å². The number of nitro groups is 1. The fourth-order valence-corrected chi connectivity index (χ4v) is 2.67. The van der Waals surface area contributed by atoms with E-state index in [0.29, 0.717) is 10.2 Å². The second-order valence-electron chi connectivity index (χ2n) is 4.14. The van der Waals surface area contributed by atoms with E-state index in [1.54, 1.807) is 19.9 Å². The fraction of sp³-hybridized carbons (Fsp3) is 0.364. The number of hydrogen-bond acceptors (Lipinski definition) is 4. The Morgan fingerprint density at radius 1 is 1.56 bits per heavy atom. The Kier molecular flexibility index (Phi) is 4.75. The largest absolute Gasteiger partial charge is 0.480 e. The van der Waals surface area contributed by atoms with Crippen LogP contribution in [0.25, 0.3) is 0 Å². The van der Waals surface area contributed by atoms with Gasteiger partial charge < -0.3 is 5.11 Å². The predicted octanol–water partition coefficient (Wildman–Crippen LogP) is 3.45. The molecule has 0 saturated heterocycles. The zero-order valence-corrected chi connectivity index (χ0v) is 12.2. The molecule has 0 aliphatic rings. The predicted molar refractivity (Wildman–Crippen MR) is 73.8 cm³/mol. The number of carboxylic acids is 1. The lowest BCUT2D eigenvalue weighted by molar-refractivity contribution is -0.384. The van der Waals surface area contributed by atoms with Crippen LogP contribution >= 0.6 is 27.7 Å². The number of rotatable bonds is 5. The summed E-state index contributed by atoms with van der Waals surface area (Å²) in [5, 5.41) is 19.6. The van der Waals surface area contributed by atoms with Crippen LogP contribution in [0.2, 0.25) is 0 Å². The minimum Gasteiger partial charge on any atom is -0.480 e. The molecule has 98 valence electrons. The Balaban J connectivity index is 2.81. The zero-order valence-electron chi connectivity index (χ0n) is 9.84. The minimum absolute atomic E-state index is 0.00752. The van der Waals surface area contributed by atoms with Gasteiger partial charge in [0.25, 0.3) is 5.69 Å². The number of nitrogens with zero attached hydrogens (tertiary/aromatic N) is 1. The van der Waals surface area contributed by atoms with Gasteiger partial charge in [0, 0.05) is 22.4 Å². The highest BCUT2D eigenvalue weighted by atomic mass is 79.9. The number of non-ortho nitro benzene ring substituents is 1. The summed E-state index contributed by atoms with van der Waals surface area (Å²) in [5.41, 5.74) is 0.841. The number of thioether (sulfide) groups is 1. The molecule has 0 amide bonds. The van der Waals surface area contributed by atoms with Crippen molar-refractivity contribution in [3.8, 4) is 0 Å². The van der Waals surface area contributed by atoms with Crippen LogP contribution in [-0.2, 0) is 10.5 Å². The second-order valence-corrected chi connectivity index (χ2v) is 6.59. The minimum atomic E-state index is -0.888. The average Bonchev–Trinajstić information content (AvgIpc) is 2.26. The Hall–Kier alpha value is -1.08. The number of hydrogen-bond donors (Lipinski definition) is 1. The monoisotopic (exact) mass is 333 g/mol. The first-order chi connectivity index (χ1) is 8.24. The van der Waals surface area contributed by atoms with Crippen LogP contribution in [0.1, 0.15) is 19.4 Å². The molecule has 0 unspecified atom stereocenters. The lowest BCUT2D eigenvalue weighted by Crippen LogP contribution is -2.27. The molecule has 0 fully saturated rings. The molecule has 0 bridgehead atoms. The zero-order chi connectivity index (χ0) is 13.9. The molecule has 0 heterocycles. The standard InChI is InChI=1S/C11H12BrNO4S/c1-11(2,10(14)15)18-6-7-3-4-8(13(16)17)5-9(7)12/h3-5H,6H2,1-2H3,(H,14,15). The van der Waals surface area contributed by atoms with Gasteiger partial charge in [-0.15, -0.1) is 11.8 Å². The summed E-state index contributed by atoms with van der Waals surface area (Å²) in [7, 11) is 0. The number of nitro benzene ring substituents is 1. The molecule has 0 atom stereocenters. The first kappa shape index (κ1) is 15.0. The van der Waals surface area contributed by atoms with E-state index in [-0.39, 0.29) is 5.69 Å². The summed E-state index contributed by atoms with van der Waals surface area (Å²) in [6.07, 6.45) is 0. The summed E-state index contributed by atoms with van der Waals surface area (Å²) < 4.78 is -0.272. The molecule has 0 aromatic heterocycles. The smallest absolute Gasteiger partial charge is 0.319 e. The lowest BCUT2D eigenvalue weighted by atomic mass is 10.2. The van der Waals surface area contributed by atoms with Gasteiger partial charge in [-0.2, -0.15) is 0 Å². The van der Waals surface area contributed by atoms with E-state index < -0.39 is 15.6 Å². The average molecular weight is 334 g/mol. The van der Waals surface area contributed by atoms with Gasteiger partial charge in [-0.3, -0.25) is 14.9 Å². The fourth-order valence-electron chi connectivity index (χ4n) is 1.09. The lowest BCUT2D eigenvalue weighted by Gasteiger charge is -2.18. The van der Waals surface area contributed by atoms with Gasteiger partial charge in [-0.05, 0) is 19.4 Å². The van der Waals surface area contributed by atoms with Gasteiger partial charge >= 0.3 is 5.97 Å². The van der Waals surface area contributed by atoms with Crippen LogP contribution in [0.3, 0.4) is 0 Å². The van der Waals surface area contributed by atoms with Crippen molar-refractivity contribution in [2.24, 2.45) is 0 Å². The van der Waals surface area contributed by atoms with E-state index >= 15 is 0 Å². The summed E-state index contributed by atoms with van der Waals surface area (Å²) in [6, 6.07) is 4.46. The van der Waals surface area contributed by atoms with Crippen molar-refractivity contribution in [2.45, 2.75) is 24.3 Å². The van der Waals surface area contributed by atoms with E-state index in [4.69, 9.17) is 5.11 Å². The van der Waals surface area contributed by atoms with Crippen LogP contribution in [0.15, 0.2) is 22.7 Å². The Morgan fingerprint density at radius 2 is 2.17 bits per heavy atom. The van der Waals surface area contributed by atoms with Crippen molar-refractivity contribution < 1.29 is 14.8 Å². The SMILES string of the molecule is CC(C)(SCc1ccc([N+](=O)[O-])cc1Br)C(=O)O. The molecular formula is C11H12BrNO4S. The number of halogens is 1. The van der Waals surface area contributed by atoms with E-state index in [0.717, 1.165) is 5.56 Å². The van der Waals surface area contributed by atoms with Crippen molar-refractivity contribution in [3.05, 3.63) is 38.3 Å². The Labute approximate surface area is 117 Å². The molecule has 1 aromatic carbocycles. The van der Waals surface area contributed by atoms with Crippen LogP contribution < -0.4 is 0 Å². The molecule has 1 N–H and O–H groups in total. The number of aliphatic carboxylic acids is 1. The normalized spacial score (nSPS) is 11.3. The summed E-state index contributed by atoms with van der Waals surface area (Å²) in [6.45, 7) is 3.25. The molecule has 0 radical (unpaired) electrons. The molecule has 0 aliphatic heterocycles. The molecule has 0 spiro atoms. The van der Waals surface area contributed by atoms with E-state index in [2.05, 4.69) is 15.9 Å². The van der Waals surface area contributed by atoms with Crippen molar-refractivity contribution in [1.82, 2.24) is 0 Å². The van der Waals surface area contributed by atoms with Gasteiger partial charge in [0.2, 0.25) is 0 Å². The van der Waals surface area contributed by atoms with Crippen molar-refractivity contribution in [2.75, 3.05) is 0 Å². The molecule has 0 saturated carbocycles. The quantitative estimate of drug-likeness (QED) is 0.659. The first-order valence-corrected chi connectivity index (χ1v) is 6.82. The van der Waals surface area contributed by atoms with E-state index in [9.17, 15) is 14.9 Å². The van der Waals surface area contributed by atoms with Gasteiger partial charge in [-0.25, -0.2) is 0 Å². The van der Waals surface area contributed by atoms with Crippen molar-refractivity contribution in [3.63, 3.8) is 0 Å². The number of carbonyl (C=O) groups is 1. The Bertz CT molecular complexity index is 490. The third-order valence-corrected chi connectivity index (χ3v) is 4.44. The van der Waals surface area contributed by atoms with Gasteiger partial charge in [0.1, 0.15) is 4.75 Å². The molecule has 7 heteroatoms. The maximum atomic E-state index is 10.9. The number of carboxylic acid groups (broad SMARTS) is 1. The van der Waals surface area contributed by atoms with Gasteiger partial charge in [-0.1, -0.05) is 22.0 Å². The molecule has 1 rings (SSSR count). The highest BCUT2D eigenvalue weighted by Gasteiger charge is 2.27. The maximum absolute atomic E-state index is 10.9. The molecule has 18 heavy (non-hydrogen) atoms. The van der Waals surface area contributed by atoms with Crippen LogP contribution in [0.5, 0.6) is 0 Å². The van der Waals surface area contributed by atoms with Crippen molar-refractivity contribution >= 4 is 39.3 Å². The number of benzene rings is 1. The summed E-state index contributed by atoms with van der Waals surface area (Å²) in [5.74, 6) is -0.414. The first-order valence-electron chi connectivity index (χ1n) is 5.04. The van der Waals surface area contributed by atoms with Gasteiger partial charge in [0.15, 0.2) is 0 Å². The van der Waals surface area contributed by atoms with Crippen LogP contribution in [0, 0.1) is 10.1 Å². The topological polar surface area (TPSA) is 80.4 Å². The van der Waals surface area contributed by atoms with Gasteiger partial charge in [0.05, 0.1) is 4.92 Å². The van der Waals surface area contributed by atoms with E-state index in [1.807, 2.05) is 0 Å². The molecule has 0 aliphatic carbocycles. The van der Waals surface area contributed by atoms with Crippen LogP contribution in [0.4, 0.5) is 5.69 Å². The highest BCUT2D eigenvalue weighted by Crippen LogP contribution is 2.32. The van der Waals surface area contributed by atoms with E-state index in [1.165, 1.54) is 23.9 Å². The summed E-state index contributed by atoms with van der Waals surface area (Å²) in [4.78, 5) is 21.1. The van der Waals surface area contributed by atoms with Crippen LogP contribution in [-0.4, -0.2) is 20.7 Å². The molecule has 1 aromatic rings. The second kappa shape index (κ2) is 5.71. The highest BCUT2D eigenvalue weighted by molar-refractivity contribution is 9.10. The summed E-state index contributed by atoms with van der Waals surface area (Å²) >= 11 is 4.52. The third-order valence-electron chi connectivity index (χ3n) is 2.35. The maximum Gasteiger partial charge on any atom is 0.319 e. The Morgan fingerprint density at radius 3 is 2.61 bits per heavy atom. The molecule has 5 nitrogen and oxygen atoms in total. The third kappa shape index (κ3) is 3.71. The molecular weight excluding hydrogens is 322 g/mol.